The number of nitrogens with zero attached hydrogens (tertiary/aromatic N) is 3. The van der Waals surface area contributed by atoms with Crippen molar-refractivity contribution in [3.63, 3.8) is 0 Å². The van der Waals surface area contributed by atoms with Crippen LogP contribution in [-0.2, 0) is 20.9 Å². The van der Waals surface area contributed by atoms with Gasteiger partial charge in [-0.15, -0.1) is 0 Å². The number of fused-ring (bicyclic) bond motifs is 1. The number of carbonyl (C=O) groups excluding carboxylic acids is 3. The summed E-state index contributed by atoms with van der Waals surface area (Å²) >= 11 is 0. The summed E-state index contributed by atoms with van der Waals surface area (Å²) in [5.41, 5.74) is 1.80. The highest BCUT2D eigenvalue weighted by molar-refractivity contribution is 6.06. The number of aromatic nitrogens is 2. The average Bonchev–Trinajstić information content (AvgIpc) is 3.23. The lowest BCUT2D eigenvalue weighted by Crippen LogP contribution is -2.49. The number of amides is 1. The Kier molecular flexibility index (Phi) is 8.22. The van der Waals surface area contributed by atoms with E-state index in [9.17, 15) is 19.5 Å². The summed E-state index contributed by atoms with van der Waals surface area (Å²) in [5.74, 6) is -1.61. The fraction of sp³-hybridized carbons (Fsp3) is 0.370. The van der Waals surface area contributed by atoms with Gasteiger partial charge in [-0.2, -0.15) is 10.4 Å². The van der Waals surface area contributed by atoms with Gasteiger partial charge in [0, 0.05) is 11.8 Å². The van der Waals surface area contributed by atoms with Crippen LogP contribution in [0.25, 0.3) is 10.9 Å². The highest BCUT2D eigenvalue weighted by Gasteiger charge is 2.34. The van der Waals surface area contributed by atoms with Gasteiger partial charge in [0.15, 0.2) is 17.6 Å². The molecule has 0 bridgehead atoms. The van der Waals surface area contributed by atoms with Crippen LogP contribution in [0.1, 0.15) is 55.2 Å². The molecular formula is C27H30N4O5. The van der Waals surface area contributed by atoms with Gasteiger partial charge in [-0.1, -0.05) is 51.1 Å². The molecule has 3 rings (SSSR count). The van der Waals surface area contributed by atoms with Crippen LogP contribution >= 0.6 is 0 Å². The first-order chi connectivity index (χ1) is 17.0. The SMILES string of the molecule is COC(=O)[C@@H](O)CCC(=O)[C@@H](NC(=O)c1nn(Cc2ccc(C#N)cc2)c2ccccc12)C(C)(C)C. The van der Waals surface area contributed by atoms with E-state index in [0.717, 1.165) is 18.2 Å². The van der Waals surface area contributed by atoms with Crippen molar-refractivity contribution in [2.75, 3.05) is 7.11 Å². The number of nitrogens with one attached hydrogen (secondary N) is 1. The molecular weight excluding hydrogens is 460 g/mol. The summed E-state index contributed by atoms with van der Waals surface area (Å²) in [7, 11) is 1.16. The van der Waals surface area contributed by atoms with E-state index >= 15 is 0 Å². The number of ether oxygens (including phenoxy) is 1. The molecule has 0 saturated carbocycles. The zero-order valence-corrected chi connectivity index (χ0v) is 20.8. The Morgan fingerprint density at radius 1 is 1.14 bits per heavy atom. The molecule has 1 amide bonds. The summed E-state index contributed by atoms with van der Waals surface area (Å²) in [6.07, 6.45) is -1.61. The van der Waals surface area contributed by atoms with E-state index in [1.807, 2.05) is 51.1 Å². The molecule has 0 unspecified atom stereocenters. The number of benzene rings is 2. The molecule has 0 fully saturated rings. The Bertz CT molecular complexity index is 1300. The third-order valence-corrected chi connectivity index (χ3v) is 5.89. The predicted octanol–water partition coefficient (Wildman–Crippen LogP) is 2.98. The largest absolute Gasteiger partial charge is 0.467 e. The Hall–Kier alpha value is -4.03. The first-order valence-electron chi connectivity index (χ1n) is 11.6. The van der Waals surface area contributed by atoms with E-state index in [0.29, 0.717) is 17.5 Å². The number of aliphatic hydroxyl groups is 1. The van der Waals surface area contributed by atoms with Crippen molar-refractivity contribution in [3.05, 3.63) is 65.4 Å². The molecule has 0 radical (unpaired) electrons. The van der Waals surface area contributed by atoms with E-state index in [4.69, 9.17) is 5.26 Å². The molecule has 1 aromatic heterocycles. The zero-order chi connectivity index (χ0) is 26.5. The lowest BCUT2D eigenvalue weighted by molar-refractivity contribution is -0.150. The molecule has 3 aromatic rings. The smallest absolute Gasteiger partial charge is 0.334 e. The maximum absolute atomic E-state index is 13.4. The van der Waals surface area contributed by atoms with Crippen LogP contribution in [0.4, 0.5) is 0 Å². The van der Waals surface area contributed by atoms with E-state index in [1.54, 1.807) is 22.9 Å². The topological polar surface area (TPSA) is 134 Å². The first kappa shape index (κ1) is 26.6. The number of carbonyl (C=O) groups is 3. The van der Waals surface area contributed by atoms with Crippen molar-refractivity contribution in [1.82, 2.24) is 15.1 Å². The molecule has 36 heavy (non-hydrogen) atoms. The third-order valence-electron chi connectivity index (χ3n) is 5.89. The van der Waals surface area contributed by atoms with E-state index in [-0.39, 0.29) is 24.3 Å². The van der Waals surface area contributed by atoms with Crippen molar-refractivity contribution < 1.29 is 24.2 Å². The maximum Gasteiger partial charge on any atom is 0.334 e. The standard InChI is InChI=1S/C27H30N4O5/c1-27(2,3)24(21(32)13-14-22(33)26(35)36-4)29-25(34)23-19-7-5-6-8-20(19)31(30-23)16-18-11-9-17(15-28)10-12-18/h5-12,22,24,33H,13-14,16H2,1-4H3,(H,29,34)/t22-,24+/m0/s1. The minimum atomic E-state index is -1.41. The van der Waals surface area contributed by atoms with Gasteiger partial charge in [0.2, 0.25) is 0 Å². The van der Waals surface area contributed by atoms with Gasteiger partial charge in [-0.25, -0.2) is 4.79 Å². The molecule has 9 nitrogen and oxygen atoms in total. The van der Waals surface area contributed by atoms with Gasteiger partial charge in [0.25, 0.3) is 5.91 Å². The molecule has 0 spiro atoms. The summed E-state index contributed by atoms with van der Waals surface area (Å²) in [6, 6.07) is 15.7. The van der Waals surface area contributed by atoms with Gasteiger partial charge >= 0.3 is 5.97 Å². The highest BCUT2D eigenvalue weighted by atomic mass is 16.5. The molecule has 0 aliphatic heterocycles. The molecule has 2 atom stereocenters. The van der Waals surface area contributed by atoms with Crippen LogP contribution < -0.4 is 5.32 Å². The van der Waals surface area contributed by atoms with E-state index in [2.05, 4.69) is 21.2 Å². The van der Waals surface area contributed by atoms with Gasteiger partial charge in [0.1, 0.15) is 0 Å². The summed E-state index contributed by atoms with van der Waals surface area (Å²) in [5, 5.41) is 26.9. The molecule has 0 aliphatic rings. The Balaban J connectivity index is 1.84. The van der Waals surface area contributed by atoms with Crippen LogP contribution in [0.3, 0.4) is 0 Å². The number of nitriles is 1. The van der Waals surface area contributed by atoms with Crippen molar-refractivity contribution >= 4 is 28.6 Å². The predicted molar refractivity (Wildman–Crippen MR) is 133 cm³/mol. The monoisotopic (exact) mass is 490 g/mol. The maximum atomic E-state index is 13.4. The van der Waals surface area contributed by atoms with Crippen LogP contribution in [0.5, 0.6) is 0 Å². The quantitative estimate of drug-likeness (QED) is 0.440. The molecule has 188 valence electrons. The van der Waals surface area contributed by atoms with Gasteiger partial charge in [-0.3, -0.25) is 14.3 Å². The Morgan fingerprint density at radius 2 is 1.81 bits per heavy atom. The van der Waals surface area contributed by atoms with Gasteiger partial charge in [-0.05, 0) is 35.6 Å². The second kappa shape index (κ2) is 11.1. The van der Waals surface area contributed by atoms with Crippen molar-refractivity contribution in [3.8, 4) is 6.07 Å². The lowest BCUT2D eigenvalue weighted by Gasteiger charge is -2.30. The summed E-state index contributed by atoms with van der Waals surface area (Å²) in [4.78, 5) is 37.8. The number of rotatable bonds is 9. The summed E-state index contributed by atoms with van der Waals surface area (Å²) < 4.78 is 6.21. The van der Waals surface area contributed by atoms with E-state index in [1.165, 1.54) is 0 Å². The van der Waals surface area contributed by atoms with Gasteiger partial charge < -0.3 is 15.2 Å². The summed E-state index contributed by atoms with van der Waals surface area (Å²) in [6.45, 7) is 5.88. The number of ketones is 1. The number of para-hydroxylation sites is 1. The minimum Gasteiger partial charge on any atom is -0.467 e. The molecule has 9 heteroatoms. The zero-order valence-electron chi connectivity index (χ0n) is 20.8. The Labute approximate surface area is 209 Å². The number of aliphatic hydroxyl groups excluding tert-OH is 1. The number of Topliss-reactive ketones (excluding diaryl/α,β-unsaturated/α-hetero) is 1. The minimum absolute atomic E-state index is 0.101. The number of hydrogen-bond acceptors (Lipinski definition) is 7. The number of methoxy groups -OCH3 is 1. The fourth-order valence-electron chi connectivity index (χ4n) is 3.93. The second-order valence-corrected chi connectivity index (χ2v) is 9.65. The van der Waals surface area contributed by atoms with Crippen LogP contribution in [-0.4, -0.2) is 51.8 Å². The molecule has 2 N–H and O–H groups in total. The first-order valence-corrected chi connectivity index (χ1v) is 11.6. The molecule has 2 aromatic carbocycles. The van der Waals surface area contributed by atoms with Crippen molar-refractivity contribution in [2.45, 2.75) is 52.3 Å². The number of esters is 1. The molecule has 0 aliphatic carbocycles. The second-order valence-electron chi connectivity index (χ2n) is 9.65. The highest BCUT2D eigenvalue weighted by Crippen LogP contribution is 2.24. The van der Waals surface area contributed by atoms with Crippen molar-refractivity contribution in [2.24, 2.45) is 5.41 Å². The van der Waals surface area contributed by atoms with E-state index < -0.39 is 29.4 Å². The molecule has 0 saturated heterocycles. The van der Waals surface area contributed by atoms with Crippen molar-refractivity contribution in [1.29, 1.82) is 5.26 Å². The Morgan fingerprint density at radius 3 is 2.42 bits per heavy atom. The van der Waals surface area contributed by atoms with Gasteiger partial charge in [0.05, 0.1) is 36.8 Å². The number of hydrogen-bond donors (Lipinski definition) is 2. The normalized spacial score (nSPS) is 13.0. The third kappa shape index (κ3) is 6.15. The molecule has 1 heterocycles. The van der Waals surface area contributed by atoms with Crippen LogP contribution in [0, 0.1) is 16.7 Å². The van der Waals surface area contributed by atoms with Crippen LogP contribution in [0.15, 0.2) is 48.5 Å². The average molecular weight is 491 g/mol. The fourth-order valence-corrected chi connectivity index (χ4v) is 3.93. The lowest BCUT2D eigenvalue weighted by atomic mass is 9.82. The van der Waals surface area contributed by atoms with Crippen LogP contribution in [0.2, 0.25) is 0 Å².